The van der Waals surface area contributed by atoms with Crippen molar-refractivity contribution in [2.24, 2.45) is 11.8 Å². The molecule has 2 aliphatic rings. The molecule has 2 aromatic rings. The molecule has 4 rings (SSSR count). The van der Waals surface area contributed by atoms with Crippen LogP contribution in [0.2, 0.25) is 0 Å². The number of carbonyl (C=O) groups is 3. The first-order valence-corrected chi connectivity index (χ1v) is 14.7. The van der Waals surface area contributed by atoms with E-state index in [1.807, 2.05) is 18.2 Å². The van der Waals surface area contributed by atoms with Crippen LogP contribution in [-0.2, 0) is 41.6 Å². The quantitative estimate of drug-likeness (QED) is 0.0862. The molecule has 14 heteroatoms. The van der Waals surface area contributed by atoms with Crippen LogP contribution in [0.3, 0.4) is 0 Å². The number of hydrogen-bond donors (Lipinski definition) is 1. The van der Waals surface area contributed by atoms with Gasteiger partial charge in [0.15, 0.2) is 0 Å². The van der Waals surface area contributed by atoms with Gasteiger partial charge in [-0.3, -0.25) is 14.4 Å². The van der Waals surface area contributed by atoms with Gasteiger partial charge in [0.05, 0.1) is 42.6 Å². The van der Waals surface area contributed by atoms with Gasteiger partial charge in [0.2, 0.25) is 0 Å². The number of ether oxygens (including phenoxy) is 3. The van der Waals surface area contributed by atoms with Gasteiger partial charge in [-0.1, -0.05) is 28.1 Å². The van der Waals surface area contributed by atoms with Crippen LogP contribution >= 0.6 is 47.8 Å². The summed E-state index contributed by atoms with van der Waals surface area (Å²) in [5.74, 6) is 2.26. The molecule has 9 nitrogen and oxygen atoms in total. The summed E-state index contributed by atoms with van der Waals surface area (Å²) in [6.45, 7) is 0.606. The van der Waals surface area contributed by atoms with E-state index in [1.54, 1.807) is 12.1 Å². The van der Waals surface area contributed by atoms with Crippen molar-refractivity contribution >= 4 is 66.2 Å². The van der Waals surface area contributed by atoms with Crippen LogP contribution in [0.15, 0.2) is 45.3 Å². The van der Waals surface area contributed by atoms with Crippen LogP contribution in [0.5, 0.6) is 11.5 Å². The van der Waals surface area contributed by atoms with Crippen molar-refractivity contribution in [3.63, 3.8) is 0 Å². The van der Waals surface area contributed by atoms with E-state index in [0.717, 1.165) is 39.8 Å². The summed E-state index contributed by atoms with van der Waals surface area (Å²) in [5.41, 5.74) is 1.72. The Morgan fingerprint density at radius 1 is 0.927 bits per heavy atom. The maximum atomic E-state index is 11.1. The standard InChI is InChI=1S/C13H15BrO3.C9H9BrO3.C4H7Br.CH2O3.2K.H/c1-16-13(15)7-10-4-5-12(11(14)6-10)17-8-9-2-3-9;1-13-9(12)5-6-2-3-8(11)7(10)4-6;5-3-4-1-2-4;2-1-4-3;;;/h4-6,9H,2-3,7-8H2,1H3;2-4,11H,5H2,1H3;4H,1-3H2;1,3H;;;/q;;;;2*+1;-1/p-1. The summed E-state index contributed by atoms with van der Waals surface area (Å²) in [4.78, 5) is 33.3. The number of phenolic OH excluding ortho intramolecular Hbond substituents is 1. The Labute approximate surface area is 352 Å². The maximum Gasteiger partial charge on any atom is 1.00 e. The summed E-state index contributed by atoms with van der Waals surface area (Å²) in [5, 5.41) is 18.8. The molecule has 0 amide bonds. The molecule has 41 heavy (non-hydrogen) atoms. The minimum absolute atomic E-state index is 0. The molecule has 0 aromatic heterocycles. The zero-order valence-corrected chi connectivity index (χ0v) is 34.7. The van der Waals surface area contributed by atoms with Crippen molar-refractivity contribution in [2.75, 3.05) is 26.2 Å². The molecule has 2 saturated carbocycles. The van der Waals surface area contributed by atoms with Crippen molar-refractivity contribution in [1.29, 1.82) is 0 Å². The van der Waals surface area contributed by atoms with E-state index in [0.29, 0.717) is 4.47 Å². The molecule has 0 spiro atoms. The van der Waals surface area contributed by atoms with E-state index < -0.39 is 0 Å². The van der Waals surface area contributed by atoms with Gasteiger partial charge in [0.1, 0.15) is 11.5 Å². The number of benzene rings is 2. The zero-order chi connectivity index (χ0) is 29.2. The van der Waals surface area contributed by atoms with Gasteiger partial charge < -0.3 is 30.9 Å². The van der Waals surface area contributed by atoms with E-state index in [9.17, 15) is 14.7 Å². The molecule has 0 heterocycles. The van der Waals surface area contributed by atoms with Gasteiger partial charge in [0.25, 0.3) is 6.47 Å². The Hall–Kier alpha value is 1.12. The average molecular weight is 819 g/mol. The van der Waals surface area contributed by atoms with Crippen LogP contribution in [0, 0.1) is 11.8 Å². The van der Waals surface area contributed by atoms with Crippen LogP contribution in [0.1, 0.15) is 38.2 Å². The smallest absolute Gasteiger partial charge is 1.00 e. The predicted octanol–water partition coefficient (Wildman–Crippen LogP) is -0.830. The van der Waals surface area contributed by atoms with Crippen molar-refractivity contribution in [2.45, 2.75) is 38.5 Å². The van der Waals surface area contributed by atoms with Crippen LogP contribution in [-0.4, -0.2) is 49.7 Å². The molecule has 0 aliphatic heterocycles. The topological polar surface area (TPSA) is 131 Å². The number of carbonyl (C=O) groups excluding carboxylic acids is 3. The second-order valence-electron chi connectivity index (χ2n) is 8.60. The second kappa shape index (κ2) is 26.4. The molecule has 2 aromatic carbocycles. The molecule has 0 radical (unpaired) electrons. The summed E-state index contributed by atoms with van der Waals surface area (Å²) in [6.07, 6.45) is 5.99. The third kappa shape index (κ3) is 22.3. The van der Waals surface area contributed by atoms with Gasteiger partial charge in [-0.2, -0.15) is 0 Å². The molecule has 0 unspecified atom stereocenters. The Morgan fingerprint density at radius 2 is 1.39 bits per heavy atom. The molecule has 0 saturated heterocycles. The zero-order valence-electron chi connectivity index (χ0n) is 24.7. The fourth-order valence-corrected chi connectivity index (χ4v) is 4.29. The van der Waals surface area contributed by atoms with Gasteiger partial charge in [0, 0.05) is 5.33 Å². The van der Waals surface area contributed by atoms with E-state index >= 15 is 0 Å². The molecular weight excluding hydrogens is 786 g/mol. The maximum absolute atomic E-state index is 11.1. The van der Waals surface area contributed by atoms with Crippen molar-refractivity contribution in [1.82, 2.24) is 0 Å². The largest absolute Gasteiger partial charge is 1.00 e. The Morgan fingerprint density at radius 3 is 1.73 bits per heavy atom. The second-order valence-corrected chi connectivity index (χ2v) is 11.0. The number of methoxy groups -OCH3 is 2. The number of phenols is 1. The normalized spacial score (nSPS) is 12.4. The molecule has 0 atom stereocenters. The number of rotatable bonds is 9. The summed E-state index contributed by atoms with van der Waals surface area (Å²) in [6, 6.07) is 10.6. The summed E-state index contributed by atoms with van der Waals surface area (Å²) in [7, 11) is 2.74. The van der Waals surface area contributed by atoms with Crippen LogP contribution < -0.4 is 113 Å². The van der Waals surface area contributed by atoms with Gasteiger partial charge in [-0.25, -0.2) is 0 Å². The van der Waals surface area contributed by atoms with Gasteiger partial charge in [-0.05, 0) is 105 Å². The number of hydrogen-bond acceptors (Lipinski definition) is 9. The Balaban J connectivity index is -0.000000539. The Kier molecular flexibility index (Phi) is 28.4. The molecule has 2 fully saturated rings. The fraction of sp³-hybridized carbons (Fsp3) is 0.444. The number of esters is 2. The number of halogens is 3. The summed E-state index contributed by atoms with van der Waals surface area (Å²) >= 11 is 9.98. The van der Waals surface area contributed by atoms with Crippen molar-refractivity contribution in [3.05, 3.63) is 56.5 Å². The van der Waals surface area contributed by atoms with Crippen LogP contribution in [0.25, 0.3) is 0 Å². The first-order chi connectivity index (χ1) is 18.7. The first-order valence-electron chi connectivity index (χ1n) is 12.0. The van der Waals surface area contributed by atoms with Crippen molar-refractivity contribution < 1.29 is 148 Å². The monoisotopic (exact) mass is 816 g/mol. The minimum Gasteiger partial charge on any atom is -1.00 e. The Bertz CT molecular complexity index is 1060. The van der Waals surface area contributed by atoms with E-state index in [-0.39, 0.29) is 141 Å². The van der Waals surface area contributed by atoms with E-state index in [2.05, 4.69) is 62.2 Å². The third-order valence-corrected chi connectivity index (χ3v) is 7.46. The van der Waals surface area contributed by atoms with E-state index in [4.69, 9.17) is 14.8 Å². The third-order valence-electron chi connectivity index (χ3n) is 5.29. The molecular formula is C27H33Br3K2O9. The molecule has 1 N–H and O–H groups in total. The predicted molar refractivity (Wildman–Crippen MR) is 154 cm³/mol. The fourth-order valence-electron chi connectivity index (χ4n) is 2.67. The van der Waals surface area contributed by atoms with Gasteiger partial charge >= 0.3 is 115 Å². The van der Waals surface area contributed by atoms with E-state index in [1.165, 1.54) is 51.3 Å². The number of aromatic hydroxyl groups is 1. The first kappa shape index (κ1) is 44.2. The molecule has 218 valence electrons. The number of alkyl halides is 1. The molecule has 2 aliphatic carbocycles. The average Bonchev–Trinajstić information content (AvgIpc) is 3.86. The molecule has 0 bridgehead atoms. The van der Waals surface area contributed by atoms with Crippen LogP contribution in [0.4, 0.5) is 0 Å². The van der Waals surface area contributed by atoms with Gasteiger partial charge in [-0.15, -0.1) is 0 Å². The van der Waals surface area contributed by atoms with Crippen molar-refractivity contribution in [3.8, 4) is 11.5 Å². The summed E-state index contributed by atoms with van der Waals surface area (Å²) < 4.78 is 16.3. The SMILES string of the molecule is BrCC1CC1.COC(=O)Cc1ccc(O)c(Br)c1.COC(=O)Cc1ccc(OCC2CC2)c(Br)c1.O=CO[O-].[H-].[K+].[K+]. The minimum atomic E-state index is -0.294.